The van der Waals surface area contributed by atoms with Crippen molar-refractivity contribution in [3.05, 3.63) is 23.9 Å². The van der Waals surface area contributed by atoms with Crippen LogP contribution in [0.5, 0.6) is 0 Å². The molecule has 1 aromatic heterocycles. The highest BCUT2D eigenvalue weighted by Crippen LogP contribution is 2.22. The molecule has 1 fully saturated rings. The molecular weight excluding hydrogens is 316 g/mol. The van der Waals surface area contributed by atoms with Crippen molar-refractivity contribution in [2.75, 3.05) is 25.5 Å². The number of nitrogens with one attached hydrogen (secondary N) is 1. The Bertz CT molecular complexity index is 625. The fraction of sp³-hybridized carbons (Fsp3) is 0.632. The first kappa shape index (κ1) is 19.2. The summed E-state index contributed by atoms with van der Waals surface area (Å²) in [5.41, 5.74) is 0.511. The molecular formula is C19H30N4O2. The van der Waals surface area contributed by atoms with Crippen molar-refractivity contribution in [3.63, 3.8) is 0 Å². The molecule has 0 saturated carbocycles. The molecule has 0 bridgehead atoms. The summed E-state index contributed by atoms with van der Waals surface area (Å²) in [6.45, 7) is 11.4. The van der Waals surface area contributed by atoms with Gasteiger partial charge in [-0.25, -0.2) is 4.98 Å². The van der Waals surface area contributed by atoms with Crippen LogP contribution in [0, 0.1) is 5.92 Å². The summed E-state index contributed by atoms with van der Waals surface area (Å²) in [5.74, 6) is 1.23. The predicted octanol–water partition coefficient (Wildman–Crippen LogP) is 2.62. The van der Waals surface area contributed by atoms with Gasteiger partial charge in [-0.2, -0.15) is 0 Å². The molecule has 0 radical (unpaired) electrons. The number of nitrogens with zero attached hydrogens (tertiary/aromatic N) is 3. The molecule has 6 heteroatoms. The summed E-state index contributed by atoms with van der Waals surface area (Å²) in [4.78, 5) is 32.0. The van der Waals surface area contributed by atoms with Crippen molar-refractivity contribution in [3.8, 4) is 0 Å². The van der Waals surface area contributed by atoms with Crippen LogP contribution in [0.1, 0.15) is 51.4 Å². The van der Waals surface area contributed by atoms with E-state index in [1.165, 1.54) is 0 Å². The van der Waals surface area contributed by atoms with Crippen LogP contribution in [0.4, 0.5) is 5.82 Å². The van der Waals surface area contributed by atoms with Gasteiger partial charge in [-0.3, -0.25) is 9.59 Å². The number of amides is 2. The van der Waals surface area contributed by atoms with Gasteiger partial charge in [0.2, 0.25) is 5.91 Å². The summed E-state index contributed by atoms with van der Waals surface area (Å²) in [6.07, 6.45) is 2.44. The number of rotatable bonds is 5. The number of likely N-dealkylation sites (tertiary alicyclic amines) is 1. The maximum absolute atomic E-state index is 12.7. The van der Waals surface area contributed by atoms with E-state index in [0.717, 1.165) is 12.2 Å². The van der Waals surface area contributed by atoms with Crippen LogP contribution in [0.15, 0.2) is 18.3 Å². The van der Waals surface area contributed by atoms with Gasteiger partial charge in [0, 0.05) is 38.8 Å². The lowest BCUT2D eigenvalue weighted by Gasteiger charge is -2.31. The van der Waals surface area contributed by atoms with Gasteiger partial charge in [0.1, 0.15) is 5.82 Å². The first-order chi connectivity index (χ1) is 11.6. The molecule has 1 aliphatic rings. The number of anilines is 1. The Morgan fingerprint density at radius 3 is 2.56 bits per heavy atom. The van der Waals surface area contributed by atoms with Gasteiger partial charge in [-0.1, -0.05) is 13.8 Å². The summed E-state index contributed by atoms with van der Waals surface area (Å²) >= 11 is 0. The number of hydrogen-bond acceptors (Lipinski definition) is 4. The Balaban J connectivity index is 2.01. The first-order valence-electron chi connectivity index (χ1n) is 8.88. The smallest absolute Gasteiger partial charge is 0.255 e. The van der Waals surface area contributed by atoms with E-state index in [9.17, 15) is 9.59 Å². The van der Waals surface area contributed by atoms with Crippen molar-refractivity contribution < 1.29 is 9.59 Å². The monoisotopic (exact) mass is 346 g/mol. The topological polar surface area (TPSA) is 65.5 Å². The molecule has 1 saturated heterocycles. The standard InChI is InChI=1S/C19H30N4O2/c1-13(2)19(4,5)21-17-8-7-15(11-20-17)18(25)23-10-9-16(12-23)22(6)14(3)24/h7-8,11,13,16H,9-10,12H2,1-6H3,(H,20,21). The zero-order valence-electron chi connectivity index (χ0n) is 16.2. The van der Waals surface area contributed by atoms with E-state index in [1.54, 1.807) is 30.0 Å². The Morgan fingerprint density at radius 1 is 1.36 bits per heavy atom. The zero-order chi connectivity index (χ0) is 18.8. The lowest BCUT2D eigenvalue weighted by Crippen LogP contribution is -2.39. The molecule has 0 spiro atoms. The van der Waals surface area contributed by atoms with Gasteiger partial charge in [0.05, 0.1) is 11.6 Å². The first-order valence-corrected chi connectivity index (χ1v) is 8.88. The minimum atomic E-state index is -0.0715. The van der Waals surface area contributed by atoms with Crippen LogP contribution >= 0.6 is 0 Å². The SMILES string of the molecule is CC(=O)N(C)C1CCN(C(=O)c2ccc(NC(C)(C)C(C)C)nc2)C1. The number of aromatic nitrogens is 1. The highest BCUT2D eigenvalue weighted by Gasteiger charge is 2.30. The maximum atomic E-state index is 12.7. The van der Waals surface area contributed by atoms with Crippen LogP contribution in [0.2, 0.25) is 0 Å². The van der Waals surface area contributed by atoms with Gasteiger partial charge in [0.25, 0.3) is 5.91 Å². The van der Waals surface area contributed by atoms with E-state index in [0.29, 0.717) is 24.6 Å². The van der Waals surface area contributed by atoms with Gasteiger partial charge in [-0.05, 0) is 38.3 Å². The molecule has 2 rings (SSSR count). The number of carbonyl (C=O) groups is 2. The highest BCUT2D eigenvalue weighted by atomic mass is 16.2. The molecule has 2 heterocycles. The van der Waals surface area contributed by atoms with E-state index in [4.69, 9.17) is 0 Å². The Labute approximate surface area is 150 Å². The van der Waals surface area contributed by atoms with Crippen molar-refractivity contribution in [2.45, 2.75) is 52.6 Å². The quantitative estimate of drug-likeness (QED) is 0.890. The second-order valence-electron chi connectivity index (χ2n) is 7.76. The molecule has 25 heavy (non-hydrogen) atoms. The van der Waals surface area contributed by atoms with Crippen molar-refractivity contribution in [1.82, 2.24) is 14.8 Å². The molecule has 138 valence electrons. The van der Waals surface area contributed by atoms with Gasteiger partial charge in [-0.15, -0.1) is 0 Å². The molecule has 1 aromatic rings. The van der Waals surface area contributed by atoms with Crippen LogP contribution in [0.25, 0.3) is 0 Å². The number of hydrogen-bond donors (Lipinski definition) is 1. The third-order valence-corrected chi connectivity index (χ3v) is 5.40. The number of likely N-dealkylation sites (N-methyl/N-ethyl adjacent to an activating group) is 1. The lowest BCUT2D eigenvalue weighted by atomic mass is 9.91. The maximum Gasteiger partial charge on any atom is 0.255 e. The Morgan fingerprint density at radius 2 is 2.04 bits per heavy atom. The van der Waals surface area contributed by atoms with Crippen LogP contribution in [0.3, 0.4) is 0 Å². The fourth-order valence-corrected chi connectivity index (χ4v) is 2.75. The predicted molar refractivity (Wildman–Crippen MR) is 99.5 cm³/mol. The van der Waals surface area contributed by atoms with E-state index in [2.05, 4.69) is 38.0 Å². The third-order valence-electron chi connectivity index (χ3n) is 5.40. The summed E-state index contributed by atoms with van der Waals surface area (Å²) < 4.78 is 0. The van der Waals surface area contributed by atoms with Gasteiger partial charge < -0.3 is 15.1 Å². The van der Waals surface area contributed by atoms with Crippen molar-refractivity contribution >= 4 is 17.6 Å². The minimum absolute atomic E-state index is 0.0263. The second kappa shape index (κ2) is 7.42. The van der Waals surface area contributed by atoms with E-state index in [1.807, 2.05) is 12.1 Å². The molecule has 2 amide bonds. The Hall–Kier alpha value is -2.11. The van der Waals surface area contributed by atoms with E-state index in [-0.39, 0.29) is 23.4 Å². The van der Waals surface area contributed by atoms with Crippen molar-refractivity contribution in [2.24, 2.45) is 5.92 Å². The van der Waals surface area contributed by atoms with E-state index < -0.39 is 0 Å². The van der Waals surface area contributed by atoms with Gasteiger partial charge >= 0.3 is 0 Å². The summed E-state index contributed by atoms with van der Waals surface area (Å²) in [7, 11) is 1.79. The highest BCUT2D eigenvalue weighted by molar-refractivity contribution is 5.94. The van der Waals surface area contributed by atoms with Gasteiger partial charge in [0.15, 0.2) is 0 Å². The van der Waals surface area contributed by atoms with E-state index >= 15 is 0 Å². The van der Waals surface area contributed by atoms with Crippen LogP contribution < -0.4 is 5.32 Å². The average molecular weight is 346 g/mol. The number of carbonyl (C=O) groups excluding carboxylic acids is 2. The van der Waals surface area contributed by atoms with Crippen LogP contribution in [-0.4, -0.2) is 58.3 Å². The molecule has 1 N–H and O–H groups in total. The lowest BCUT2D eigenvalue weighted by molar-refractivity contribution is -0.129. The molecule has 0 aromatic carbocycles. The molecule has 6 nitrogen and oxygen atoms in total. The number of pyridine rings is 1. The Kier molecular flexibility index (Phi) is 5.70. The van der Waals surface area contributed by atoms with Crippen LogP contribution in [-0.2, 0) is 4.79 Å². The summed E-state index contributed by atoms with van der Waals surface area (Å²) in [5, 5.41) is 3.41. The molecule has 1 unspecified atom stereocenters. The molecule has 1 atom stereocenters. The third kappa shape index (κ3) is 4.50. The largest absolute Gasteiger partial charge is 0.365 e. The normalized spacial score (nSPS) is 17.7. The average Bonchev–Trinajstić information content (AvgIpc) is 3.03. The van der Waals surface area contributed by atoms with Crippen molar-refractivity contribution in [1.29, 1.82) is 0 Å². The summed E-state index contributed by atoms with van der Waals surface area (Å²) in [6, 6.07) is 3.77. The molecule has 0 aliphatic carbocycles. The molecule has 1 aliphatic heterocycles. The second-order valence-corrected chi connectivity index (χ2v) is 7.76. The zero-order valence-corrected chi connectivity index (χ0v) is 16.2. The fourth-order valence-electron chi connectivity index (χ4n) is 2.75. The minimum Gasteiger partial charge on any atom is -0.365 e.